The Morgan fingerprint density at radius 1 is 1.55 bits per heavy atom. The van der Waals surface area contributed by atoms with Crippen molar-refractivity contribution in [1.29, 1.82) is 0 Å². The summed E-state index contributed by atoms with van der Waals surface area (Å²) in [6, 6.07) is 1.76. The van der Waals surface area contributed by atoms with E-state index in [1.54, 1.807) is 18.3 Å². The molecule has 0 saturated heterocycles. The van der Waals surface area contributed by atoms with Gasteiger partial charge < -0.3 is 9.94 Å². The summed E-state index contributed by atoms with van der Waals surface area (Å²) in [4.78, 5) is 12.7. The monoisotopic (exact) mass is 278 g/mol. The molecule has 2 rings (SSSR count). The Labute approximate surface area is 119 Å². The molecule has 20 heavy (non-hydrogen) atoms. The highest BCUT2D eigenvalue weighted by atomic mass is 16.5. The molecular weight excluding hydrogens is 256 g/mol. The second-order valence-corrected chi connectivity index (χ2v) is 6.35. The third kappa shape index (κ3) is 2.86. The highest BCUT2D eigenvalue weighted by molar-refractivity contribution is 5.94. The van der Waals surface area contributed by atoms with Crippen molar-refractivity contribution < 1.29 is 14.7 Å². The van der Waals surface area contributed by atoms with Crippen LogP contribution in [0, 0.1) is 11.8 Å². The van der Waals surface area contributed by atoms with Gasteiger partial charge in [-0.2, -0.15) is 0 Å². The Bertz CT molecular complexity index is 529. The van der Waals surface area contributed by atoms with Gasteiger partial charge in [0, 0.05) is 23.8 Å². The van der Waals surface area contributed by atoms with Gasteiger partial charge in [0.15, 0.2) is 5.78 Å². The van der Waals surface area contributed by atoms with E-state index in [1.807, 2.05) is 27.7 Å². The molecule has 0 amide bonds. The van der Waals surface area contributed by atoms with Crippen LogP contribution in [0.2, 0.25) is 0 Å². The Kier molecular flexibility index (Phi) is 3.88. The molecule has 1 aliphatic carbocycles. The lowest BCUT2D eigenvalue weighted by Gasteiger charge is -2.24. The fourth-order valence-corrected chi connectivity index (χ4v) is 2.45. The highest BCUT2D eigenvalue weighted by Crippen LogP contribution is 2.31. The van der Waals surface area contributed by atoms with E-state index in [0.29, 0.717) is 24.6 Å². The third-order valence-electron chi connectivity index (χ3n) is 3.83. The van der Waals surface area contributed by atoms with Crippen molar-refractivity contribution in [3.63, 3.8) is 0 Å². The van der Waals surface area contributed by atoms with Gasteiger partial charge in [-0.05, 0) is 12.0 Å². The fourth-order valence-electron chi connectivity index (χ4n) is 2.45. The van der Waals surface area contributed by atoms with Crippen molar-refractivity contribution in [2.45, 2.75) is 39.5 Å². The highest BCUT2D eigenvalue weighted by Gasteiger charge is 2.31. The molecule has 1 unspecified atom stereocenters. The van der Waals surface area contributed by atoms with E-state index >= 15 is 0 Å². The van der Waals surface area contributed by atoms with Gasteiger partial charge in [-0.15, -0.1) is 9.94 Å². The smallest absolute Gasteiger partial charge is 0.162 e. The lowest BCUT2D eigenvalue weighted by Crippen LogP contribution is -2.27. The standard InChI is InChI=1S/C15H22N2O3/c1-10(2)12-7-11(8-13(12)18)20-9-15(3,4)14-5-6-16-17(14)19/h5-6,8,10,12,19H,7,9H2,1-4H3. The molecule has 0 bridgehead atoms. The van der Waals surface area contributed by atoms with Crippen LogP contribution in [0.5, 0.6) is 0 Å². The summed E-state index contributed by atoms with van der Waals surface area (Å²) < 4.78 is 5.79. The molecule has 110 valence electrons. The van der Waals surface area contributed by atoms with Gasteiger partial charge >= 0.3 is 0 Å². The van der Waals surface area contributed by atoms with Crippen LogP contribution in [0.1, 0.15) is 39.8 Å². The summed E-state index contributed by atoms with van der Waals surface area (Å²) in [6.07, 6.45) is 3.83. The van der Waals surface area contributed by atoms with Gasteiger partial charge in [-0.25, -0.2) is 0 Å². The number of nitrogens with zero attached hydrogens (tertiary/aromatic N) is 2. The van der Waals surface area contributed by atoms with Crippen LogP contribution in [0.3, 0.4) is 0 Å². The molecule has 0 saturated carbocycles. The van der Waals surface area contributed by atoms with E-state index in [4.69, 9.17) is 4.74 Å². The second kappa shape index (κ2) is 5.31. The lowest BCUT2D eigenvalue weighted by atomic mass is 9.90. The van der Waals surface area contributed by atoms with Crippen LogP contribution in [0.25, 0.3) is 0 Å². The van der Waals surface area contributed by atoms with Crippen LogP contribution < -0.4 is 0 Å². The number of aromatic nitrogens is 2. The van der Waals surface area contributed by atoms with Crippen molar-refractivity contribution >= 4 is 5.78 Å². The van der Waals surface area contributed by atoms with Crippen molar-refractivity contribution in [2.75, 3.05) is 6.61 Å². The van der Waals surface area contributed by atoms with Crippen LogP contribution in [0.4, 0.5) is 0 Å². The number of ether oxygens (including phenoxy) is 1. The minimum Gasteiger partial charge on any atom is -0.497 e. The summed E-state index contributed by atoms with van der Waals surface area (Å²) in [7, 11) is 0. The van der Waals surface area contributed by atoms with Gasteiger partial charge in [-0.3, -0.25) is 4.79 Å². The van der Waals surface area contributed by atoms with Crippen molar-refractivity contribution in [3.05, 3.63) is 29.8 Å². The number of carbonyl (C=O) groups excluding carboxylic acids is 1. The summed E-state index contributed by atoms with van der Waals surface area (Å²) in [5.41, 5.74) is 0.299. The van der Waals surface area contributed by atoms with E-state index in [2.05, 4.69) is 5.10 Å². The summed E-state index contributed by atoms with van der Waals surface area (Å²) in [5.74, 6) is 1.26. The van der Waals surface area contributed by atoms with Crippen LogP contribution in [0.15, 0.2) is 24.1 Å². The van der Waals surface area contributed by atoms with E-state index in [-0.39, 0.29) is 17.1 Å². The van der Waals surface area contributed by atoms with Gasteiger partial charge in [-0.1, -0.05) is 27.7 Å². The zero-order valence-corrected chi connectivity index (χ0v) is 12.5. The number of carbonyl (C=O) groups is 1. The molecule has 0 spiro atoms. The normalized spacial score (nSPS) is 19.6. The molecule has 5 heteroatoms. The third-order valence-corrected chi connectivity index (χ3v) is 3.83. The zero-order valence-electron chi connectivity index (χ0n) is 12.5. The molecule has 0 radical (unpaired) electrons. The number of hydrogen-bond acceptors (Lipinski definition) is 4. The van der Waals surface area contributed by atoms with Crippen molar-refractivity contribution in [1.82, 2.24) is 9.94 Å². The summed E-state index contributed by atoms with van der Waals surface area (Å²) >= 11 is 0. The average Bonchev–Trinajstić information content (AvgIpc) is 2.93. The van der Waals surface area contributed by atoms with E-state index in [0.717, 1.165) is 10.6 Å². The Morgan fingerprint density at radius 3 is 2.75 bits per heavy atom. The summed E-state index contributed by atoms with van der Waals surface area (Å²) in [5, 5.41) is 13.4. The molecule has 5 nitrogen and oxygen atoms in total. The van der Waals surface area contributed by atoms with Crippen molar-refractivity contribution in [3.8, 4) is 0 Å². The molecule has 1 N–H and O–H groups in total. The van der Waals surface area contributed by atoms with Crippen LogP contribution in [-0.4, -0.2) is 27.5 Å². The summed E-state index contributed by atoms with van der Waals surface area (Å²) in [6.45, 7) is 8.42. The first-order chi connectivity index (χ1) is 9.31. The number of allylic oxidation sites excluding steroid dienone is 2. The van der Waals surface area contributed by atoms with Crippen LogP contribution in [-0.2, 0) is 14.9 Å². The van der Waals surface area contributed by atoms with E-state index in [9.17, 15) is 10.0 Å². The first-order valence-corrected chi connectivity index (χ1v) is 6.92. The predicted octanol–water partition coefficient (Wildman–Crippen LogP) is 2.54. The largest absolute Gasteiger partial charge is 0.497 e. The molecule has 1 aromatic rings. The second-order valence-electron chi connectivity index (χ2n) is 6.35. The molecule has 1 heterocycles. The minimum absolute atomic E-state index is 0.0384. The average molecular weight is 278 g/mol. The van der Waals surface area contributed by atoms with Gasteiger partial charge in [0.1, 0.15) is 5.76 Å². The Morgan fingerprint density at radius 2 is 2.25 bits per heavy atom. The maximum absolute atomic E-state index is 11.8. The number of rotatable bonds is 5. The molecule has 1 atom stereocenters. The lowest BCUT2D eigenvalue weighted by molar-refractivity contribution is -0.118. The molecule has 1 aliphatic rings. The Balaban J connectivity index is 1.98. The SMILES string of the molecule is CC(C)C1CC(OCC(C)(C)c2ccnn2O)=CC1=O. The number of ketones is 1. The fraction of sp³-hybridized carbons (Fsp3) is 0.600. The minimum atomic E-state index is -0.384. The van der Waals surface area contributed by atoms with Gasteiger partial charge in [0.2, 0.25) is 0 Å². The quantitative estimate of drug-likeness (QED) is 0.841. The van der Waals surface area contributed by atoms with E-state index in [1.165, 1.54) is 0 Å². The zero-order chi connectivity index (χ0) is 14.9. The first-order valence-electron chi connectivity index (χ1n) is 6.92. The molecule has 1 aromatic heterocycles. The van der Waals surface area contributed by atoms with Gasteiger partial charge in [0.25, 0.3) is 0 Å². The predicted molar refractivity (Wildman–Crippen MR) is 74.4 cm³/mol. The maximum atomic E-state index is 11.8. The first kappa shape index (κ1) is 14.6. The van der Waals surface area contributed by atoms with E-state index < -0.39 is 0 Å². The topological polar surface area (TPSA) is 64.3 Å². The number of hydrogen-bond donors (Lipinski definition) is 1. The van der Waals surface area contributed by atoms with Crippen molar-refractivity contribution in [2.24, 2.45) is 11.8 Å². The molecular formula is C15H22N2O3. The molecule has 0 fully saturated rings. The molecule has 0 aromatic carbocycles. The van der Waals surface area contributed by atoms with Crippen LogP contribution >= 0.6 is 0 Å². The molecule has 0 aliphatic heterocycles. The Hall–Kier alpha value is -1.78. The maximum Gasteiger partial charge on any atom is 0.162 e. The van der Waals surface area contributed by atoms with Gasteiger partial charge in [0.05, 0.1) is 18.5 Å².